The number of carbonyl (C=O) groups is 1. The molecule has 6 nitrogen and oxygen atoms in total. The Morgan fingerprint density at radius 2 is 2.00 bits per heavy atom. The minimum absolute atomic E-state index is 0.0466. The van der Waals surface area contributed by atoms with Crippen LogP contribution >= 0.6 is 11.8 Å². The summed E-state index contributed by atoms with van der Waals surface area (Å²) in [6.45, 7) is 0. The highest BCUT2D eigenvalue weighted by Gasteiger charge is 2.23. The molecular formula is C16H14FN3O3S. The summed E-state index contributed by atoms with van der Waals surface area (Å²) in [7, 11) is 0. The number of thioether (sulfide) groups is 1. The second-order valence-corrected chi connectivity index (χ2v) is 6.41. The molecule has 0 spiro atoms. The molecule has 124 valence electrons. The maximum absolute atomic E-state index is 13.5. The molecule has 3 rings (SSSR count). The Kier molecular flexibility index (Phi) is 4.66. The molecule has 8 heteroatoms. The number of urea groups is 1. The first-order chi connectivity index (χ1) is 11.5. The fourth-order valence-corrected chi connectivity index (χ4v) is 3.61. The third kappa shape index (κ3) is 3.65. The third-order valence-electron chi connectivity index (χ3n) is 3.65. The number of amides is 2. The minimum Gasteiger partial charge on any atom is -0.331 e. The molecule has 1 heterocycles. The van der Waals surface area contributed by atoms with Gasteiger partial charge in [0.2, 0.25) is 0 Å². The van der Waals surface area contributed by atoms with Crippen molar-refractivity contribution in [1.29, 1.82) is 0 Å². The second-order valence-electron chi connectivity index (χ2n) is 5.27. The van der Waals surface area contributed by atoms with Gasteiger partial charge in [-0.05, 0) is 42.3 Å². The number of nitro groups is 1. The smallest absolute Gasteiger partial charge is 0.319 e. The van der Waals surface area contributed by atoms with Crippen molar-refractivity contribution in [2.75, 3.05) is 11.1 Å². The number of nitrogens with zero attached hydrogens (tertiary/aromatic N) is 1. The maximum atomic E-state index is 13.5. The number of rotatable bonds is 3. The van der Waals surface area contributed by atoms with Crippen LogP contribution in [0.25, 0.3) is 0 Å². The quantitative estimate of drug-likeness (QED) is 0.647. The van der Waals surface area contributed by atoms with Gasteiger partial charge < -0.3 is 10.6 Å². The number of halogens is 1. The van der Waals surface area contributed by atoms with Gasteiger partial charge in [-0.15, -0.1) is 11.8 Å². The summed E-state index contributed by atoms with van der Waals surface area (Å²) in [6.07, 6.45) is 0.703. The van der Waals surface area contributed by atoms with Crippen molar-refractivity contribution in [2.45, 2.75) is 17.4 Å². The summed E-state index contributed by atoms with van der Waals surface area (Å²) in [6, 6.07) is 9.42. The third-order valence-corrected chi connectivity index (χ3v) is 4.78. The van der Waals surface area contributed by atoms with Crippen molar-refractivity contribution in [1.82, 2.24) is 5.32 Å². The standard InChI is InChI=1S/C16H14FN3O3S/c17-10-1-6-15-13(9-10)14(7-8-24-15)19-16(21)18-11-2-4-12(5-3-11)20(22)23/h1-6,9,14H,7-8H2,(H2,18,19,21). The Hall–Kier alpha value is -2.61. The maximum Gasteiger partial charge on any atom is 0.319 e. The number of nitro benzene ring substituents is 1. The highest BCUT2D eigenvalue weighted by molar-refractivity contribution is 7.99. The number of non-ortho nitro benzene ring substituents is 1. The van der Waals surface area contributed by atoms with Gasteiger partial charge in [0.25, 0.3) is 5.69 Å². The average molecular weight is 347 g/mol. The van der Waals surface area contributed by atoms with Crippen molar-refractivity contribution < 1.29 is 14.1 Å². The topological polar surface area (TPSA) is 84.3 Å². The van der Waals surface area contributed by atoms with Crippen LogP contribution in [0.3, 0.4) is 0 Å². The van der Waals surface area contributed by atoms with Crippen LogP contribution in [0.5, 0.6) is 0 Å². The molecule has 0 bridgehead atoms. The summed E-state index contributed by atoms with van der Waals surface area (Å²) in [5, 5.41) is 16.1. The molecule has 1 aliphatic heterocycles. The molecule has 1 atom stereocenters. The van der Waals surface area contributed by atoms with E-state index in [1.54, 1.807) is 17.8 Å². The van der Waals surface area contributed by atoms with E-state index in [0.29, 0.717) is 12.1 Å². The van der Waals surface area contributed by atoms with Gasteiger partial charge in [0.05, 0.1) is 11.0 Å². The molecule has 0 saturated carbocycles. The first-order valence-electron chi connectivity index (χ1n) is 7.27. The van der Waals surface area contributed by atoms with Gasteiger partial charge in [0.1, 0.15) is 5.82 Å². The van der Waals surface area contributed by atoms with Crippen molar-refractivity contribution in [2.24, 2.45) is 0 Å². The van der Waals surface area contributed by atoms with Crippen LogP contribution in [0.2, 0.25) is 0 Å². The van der Waals surface area contributed by atoms with E-state index >= 15 is 0 Å². The lowest BCUT2D eigenvalue weighted by Gasteiger charge is -2.26. The van der Waals surface area contributed by atoms with E-state index in [1.165, 1.54) is 36.4 Å². The molecule has 0 radical (unpaired) electrons. The van der Waals surface area contributed by atoms with Crippen LogP contribution in [-0.2, 0) is 0 Å². The van der Waals surface area contributed by atoms with Crippen LogP contribution in [0.4, 0.5) is 20.6 Å². The average Bonchev–Trinajstić information content (AvgIpc) is 2.56. The van der Waals surface area contributed by atoms with E-state index in [-0.39, 0.29) is 17.5 Å². The predicted octanol–water partition coefficient (Wildman–Crippen LogP) is 4.09. The van der Waals surface area contributed by atoms with E-state index in [1.807, 2.05) is 0 Å². The van der Waals surface area contributed by atoms with Gasteiger partial charge in [-0.2, -0.15) is 0 Å². The summed E-state index contributed by atoms with van der Waals surface area (Å²) in [4.78, 5) is 23.2. The summed E-state index contributed by atoms with van der Waals surface area (Å²) >= 11 is 1.63. The fraction of sp³-hybridized carbons (Fsp3) is 0.188. The first kappa shape index (κ1) is 16.3. The Morgan fingerprint density at radius 1 is 1.25 bits per heavy atom. The lowest BCUT2D eigenvalue weighted by molar-refractivity contribution is -0.384. The van der Waals surface area contributed by atoms with Crippen LogP contribution in [0.15, 0.2) is 47.4 Å². The zero-order valence-corrected chi connectivity index (χ0v) is 13.3. The van der Waals surface area contributed by atoms with Crippen LogP contribution in [0.1, 0.15) is 18.0 Å². The fourth-order valence-electron chi connectivity index (χ4n) is 2.51. The molecule has 2 aromatic rings. The Morgan fingerprint density at radius 3 is 2.71 bits per heavy atom. The van der Waals surface area contributed by atoms with Crippen molar-refractivity contribution >= 4 is 29.2 Å². The first-order valence-corrected chi connectivity index (χ1v) is 8.26. The number of hydrogen-bond acceptors (Lipinski definition) is 4. The largest absolute Gasteiger partial charge is 0.331 e. The SMILES string of the molecule is O=C(Nc1ccc([N+](=O)[O-])cc1)NC1CCSc2ccc(F)cc21. The zero-order valence-electron chi connectivity index (χ0n) is 12.5. The highest BCUT2D eigenvalue weighted by Crippen LogP contribution is 2.36. The Bertz CT molecular complexity index is 783. The Labute approximate surface area is 141 Å². The number of carbonyl (C=O) groups excluding carboxylic acids is 1. The van der Waals surface area contributed by atoms with Crippen molar-refractivity contribution in [3.05, 3.63) is 64.0 Å². The molecular weight excluding hydrogens is 333 g/mol. The number of anilines is 1. The van der Waals surface area contributed by atoms with Gasteiger partial charge in [-0.1, -0.05) is 0 Å². The molecule has 1 aliphatic rings. The summed E-state index contributed by atoms with van der Waals surface area (Å²) in [5.74, 6) is 0.500. The van der Waals surface area contributed by atoms with Gasteiger partial charge >= 0.3 is 6.03 Å². The van der Waals surface area contributed by atoms with E-state index in [4.69, 9.17) is 0 Å². The van der Waals surface area contributed by atoms with Crippen molar-refractivity contribution in [3.8, 4) is 0 Å². The highest BCUT2D eigenvalue weighted by atomic mass is 32.2. The van der Waals surface area contributed by atoms with E-state index < -0.39 is 11.0 Å². The van der Waals surface area contributed by atoms with E-state index in [0.717, 1.165) is 16.2 Å². The molecule has 2 N–H and O–H groups in total. The molecule has 2 aromatic carbocycles. The minimum atomic E-state index is -0.505. The van der Waals surface area contributed by atoms with Crippen molar-refractivity contribution in [3.63, 3.8) is 0 Å². The molecule has 24 heavy (non-hydrogen) atoms. The molecule has 0 aromatic heterocycles. The monoisotopic (exact) mass is 347 g/mol. The number of fused-ring (bicyclic) bond motifs is 1. The molecule has 0 fully saturated rings. The lowest BCUT2D eigenvalue weighted by atomic mass is 10.0. The molecule has 0 aliphatic carbocycles. The van der Waals surface area contributed by atoms with Gasteiger partial charge in [-0.25, -0.2) is 9.18 Å². The van der Waals surface area contributed by atoms with Gasteiger partial charge in [0, 0.05) is 28.5 Å². The molecule has 1 unspecified atom stereocenters. The zero-order chi connectivity index (χ0) is 17.1. The predicted molar refractivity (Wildman–Crippen MR) is 89.7 cm³/mol. The second kappa shape index (κ2) is 6.88. The van der Waals surface area contributed by atoms with E-state index in [2.05, 4.69) is 10.6 Å². The Balaban J connectivity index is 1.67. The van der Waals surface area contributed by atoms with Crippen LogP contribution in [-0.4, -0.2) is 16.7 Å². The van der Waals surface area contributed by atoms with Gasteiger partial charge in [-0.3, -0.25) is 10.1 Å². The van der Waals surface area contributed by atoms with E-state index in [9.17, 15) is 19.3 Å². The number of nitrogens with one attached hydrogen (secondary N) is 2. The lowest BCUT2D eigenvalue weighted by Crippen LogP contribution is -2.34. The molecule has 0 saturated heterocycles. The summed E-state index contributed by atoms with van der Waals surface area (Å²) < 4.78 is 13.5. The van der Waals surface area contributed by atoms with Crippen LogP contribution in [0, 0.1) is 15.9 Å². The summed E-state index contributed by atoms with van der Waals surface area (Å²) in [5.41, 5.74) is 1.17. The number of benzene rings is 2. The molecule has 2 amide bonds. The normalized spacial score (nSPS) is 16.1. The number of hydrogen-bond donors (Lipinski definition) is 2. The van der Waals surface area contributed by atoms with Crippen LogP contribution < -0.4 is 10.6 Å². The van der Waals surface area contributed by atoms with Gasteiger partial charge in [0.15, 0.2) is 0 Å².